The first-order chi connectivity index (χ1) is 11.9. The van der Waals surface area contributed by atoms with Crippen molar-refractivity contribution in [2.75, 3.05) is 23.0 Å². The topological polar surface area (TPSA) is 63.7 Å². The Morgan fingerprint density at radius 2 is 1.92 bits per heavy atom. The highest BCUT2D eigenvalue weighted by atomic mass is 127. The third kappa shape index (κ3) is 4.72. The van der Waals surface area contributed by atoms with Crippen molar-refractivity contribution in [2.24, 2.45) is 0 Å². The van der Waals surface area contributed by atoms with Gasteiger partial charge in [-0.15, -0.1) is 0 Å². The monoisotopic (exact) mass is 471 g/mol. The number of rotatable bonds is 5. The summed E-state index contributed by atoms with van der Waals surface area (Å²) in [4.78, 5) is 14.4. The maximum atomic E-state index is 12.8. The van der Waals surface area contributed by atoms with Crippen LogP contribution in [0.2, 0.25) is 0 Å². The predicted octanol–water partition coefficient (Wildman–Crippen LogP) is 2.89. The van der Waals surface area contributed by atoms with Gasteiger partial charge in [0.15, 0.2) is 16.4 Å². The Balaban J connectivity index is 1.78. The summed E-state index contributed by atoms with van der Waals surface area (Å²) in [5.74, 6) is 0.488. The first kappa shape index (κ1) is 18.2. The standard InChI is InChI=1S/C18H18INO4S/c19-14-5-4-8-17(11-14)24-12-18(21)20(15-6-2-1-3-7-15)16-9-10-25(22,23)13-16/h1-8,11,16H,9-10,12-13H2/t16-/m1/s1. The lowest BCUT2D eigenvalue weighted by Gasteiger charge is -2.28. The molecule has 1 fully saturated rings. The van der Waals surface area contributed by atoms with Crippen LogP contribution in [-0.4, -0.2) is 38.5 Å². The number of amides is 1. The summed E-state index contributed by atoms with van der Waals surface area (Å²) in [6, 6.07) is 16.2. The highest BCUT2D eigenvalue weighted by Gasteiger charge is 2.35. The van der Waals surface area contributed by atoms with E-state index in [0.29, 0.717) is 17.9 Å². The van der Waals surface area contributed by atoms with Crippen molar-refractivity contribution >= 4 is 44.0 Å². The average molecular weight is 471 g/mol. The number of carbonyl (C=O) groups is 1. The van der Waals surface area contributed by atoms with Crippen LogP contribution in [-0.2, 0) is 14.6 Å². The van der Waals surface area contributed by atoms with E-state index in [0.717, 1.165) is 3.57 Å². The molecule has 25 heavy (non-hydrogen) atoms. The molecule has 3 rings (SSSR count). The molecule has 0 N–H and O–H groups in total. The van der Waals surface area contributed by atoms with Crippen molar-refractivity contribution < 1.29 is 17.9 Å². The first-order valence-corrected chi connectivity index (χ1v) is 10.8. The first-order valence-electron chi connectivity index (χ1n) is 7.90. The molecule has 2 aromatic carbocycles. The molecular weight excluding hydrogens is 453 g/mol. The largest absolute Gasteiger partial charge is 0.484 e. The maximum Gasteiger partial charge on any atom is 0.265 e. The van der Waals surface area contributed by atoms with Crippen molar-refractivity contribution in [3.63, 3.8) is 0 Å². The summed E-state index contributed by atoms with van der Waals surface area (Å²) in [7, 11) is -3.09. The molecule has 7 heteroatoms. The van der Waals surface area contributed by atoms with Crippen LogP contribution in [0.1, 0.15) is 6.42 Å². The van der Waals surface area contributed by atoms with E-state index in [1.54, 1.807) is 11.0 Å². The molecule has 132 valence electrons. The van der Waals surface area contributed by atoms with Gasteiger partial charge in [-0.1, -0.05) is 24.3 Å². The van der Waals surface area contributed by atoms with Gasteiger partial charge in [0.05, 0.1) is 17.5 Å². The zero-order valence-electron chi connectivity index (χ0n) is 13.5. The number of anilines is 1. The lowest BCUT2D eigenvalue weighted by molar-refractivity contribution is -0.121. The summed E-state index contributed by atoms with van der Waals surface area (Å²) in [6.45, 7) is -0.133. The Labute approximate surface area is 161 Å². The molecule has 1 heterocycles. The average Bonchev–Trinajstić information content (AvgIpc) is 2.94. The van der Waals surface area contributed by atoms with Crippen molar-refractivity contribution in [1.29, 1.82) is 0 Å². The van der Waals surface area contributed by atoms with Gasteiger partial charge < -0.3 is 9.64 Å². The van der Waals surface area contributed by atoms with Gasteiger partial charge in [-0.25, -0.2) is 8.42 Å². The van der Waals surface area contributed by atoms with Gasteiger partial charge in [0.2, 0.25) is 0 Å². The molecule has 1 aliphatic rings. The van der Waals surface area contributed by atoms with Gasteiger partial charge >= 0.3 is 0 Å². The number of ether oxygens (including phenoxy) is 1. The summed E-state index contributed by atoms with van der Waals surface area (Å²) in [5.41, 5.74) is 0.695. The van der Waals surface area contributed by atoms with Gasteiger partial charge in [0.1, 0.15) is 5.75 Å². The van der Waals surface area contributed by atoms with Crippen LogP contribution in [0.4, 0.5) is 5.69 Å². The third-order valence-corrected chi connectivity index (χ3v) is 6.46. The molecule has 1 aliphatic heterocycles. The van der Waals surface area contributed by atoms with E-state index in [2.05, 4.69) is 22.6 Å². The van der Waals surface area contributed by atoms with Crippen molar-refractivity contribution in [2.45, 2.75) is 12.5 Å². The SMILES string of the molecule is O=C(COc1cccc(I)c1)N(c1ccccc1)[C@@H]1CCS(=O)(=O)C1. The Hall–Kier alpha value is -1.61. The number of carbonyl (C=O) groups excluding carboxylic acids is 1. The molecule has 5 nitrogen and oxygen atoms in total. The van der Waals surface area contributed by atoms with E-state index in [1.165, 1.54) is 0 Å². The highest BCUT2D eigenvalue weighted by Crippen LogP contribution is 2.25. The quantitative estimate of drug-likeness (QED) is 0.630. The minimum atomic E-state index is -3.09. The number of benzene rings is 2. The molecule has 1 atom stereocenters. The van der Waals surface area contributed by atoms with Crippen LogP contribution >= 0.6 is 22.6 Å². The van der Waals surface area contributed by atoms with E-state index in [-0.39, 0.29) is 30.1 Å². The molecule has 0 aliphatic carbocycles. The lowest BCUT2D eigenvalue weighted by Crippen LogP contribution is -2.43. The maximum absolute atomic E-state index is 12.8. The zero-order chi connectivity index (χ0) is 17.9. The third-order valence-electron chi connectivity index (χ3n) is 4.03. The number of hydrogen-bond acceptors (Lipinski definition) is 4. The normalized spacial score (nSPS) is 18.7. The number of nitrogens with zero attached hydrogens (tertiary/aromatic N) is 1. The molecule has 0 spiro atoms. The molecule has 0 radical (unpaired) electrons. The fourth-order valence-electron chi connectivity index (χ4n) is 2.90. The highest BCUT2D eigenvalue weighted by molar-refractivity contribution is 14.1. The summed E-state index contributed by atoms with van der Waals surface area (Å²) in [5, 5.41) is 0. The molecule has 1 amide bonds. The van der Waals surface area contributed by atoms with Gasteiger partial charge in [-0.05, 0) is 59.3 Å². The van der Waals surface area contributed by atoms with E-state index in [9.17, 15) is 13.2 Å². The van der Waals surface area contributed by atoms with Crippen LogP contribution in [0.3, 0.4) is 0 Å². The van der Waals surface area contributed by atoms with Crippen molar-refractivity contribution in [3.8, 4) is 5.75 Å². The molecule has 1 saturated heterocycles. The number of para-hydroxylation sites is 1. The minimum Gasteiger partial charge on any atom is -0.484 e. The summed E-state index contributed by atoms with van der Waals surface area (Å²) < 4.78 is 30.3. The Morgan fingerprint density at radius 1 is 1.16 bits per heavy atom. The molecule has 2 aromatic rings. The molecule has 0 unspecified atom stereocenters. The number of hydrogen-bond donors (Lipinski definition) is 0. The molecule has 0 bridgehead atoms. The fraction of sp³-hybridized carbons (Fsp3) is 0.278. The van der Waals surface area contributed by atoms with E-state index in [1.807, 2.05) is 48.5 Å². The van der Waals surface area contributed by atoms with E-state index in [4.69, 9.17) is 4.74 Å². The second kappa shape index (κ2) is 7.74. The van der Waals surface area contributed by atoms with E-state index < -0.39 is 9.84 Å². The van der Waals surface area contributed by atoms with Gasteiger partial charge in [-0.2, -0.15) is 0 Å². The predicted molar refractivity (Wildman–Crippen MR) is 106 cm³/mol. The Bertz CT molecular complexity index is 854. The summed E-state index contributed by atoms with van der Waals surface area (Å²) >= 11 is 2.18. The van der Waals surface area contributed by atoms with Crippen molar-refractivity contribution in [1.82, 2.24) is 0 Å². The van der Waals surface area contributed by atoms with Crippen molar-refractivity contribution in [3.05, 3.63) is 58.2 Å². The number of sulfone groups is 1. The molecule has 0 aromatic heterocycles. The van der Waals surface area contributed by atoms with Crippen LogP contribution < -0.4 is 9.64 Å². The second-order valence-corrected chi connectivity index (χ2v) is 9.38. The van der Waals surface area contributed by atoms with Crippen LogP contribution in [0.5, 0.6) is 5.75 Å². The van der Waals surface area contributed by atoms with Crippen LogP contribution in [0.25, 0.3) is 0 Å². The van der Waals surface area contributed by atoms with Crippen LogP contribution in [0.15, 0.2) is 54.6 Å². The molecular formula is C18H18INO4S. The Morgan fingerprint density at radius 3 is 2.56 bits per heavy atom. The van der Waals surface area contributed by atoms with Gasteiger partial charge in [-0.3, -0.25) is 4.79 Å². The smallest absolute Gasteiger partial charge is 0.265 e. The van der Waals surface area contributed by atoms with E-state index >= 15 is 0 Å². The second-order valence-electron chi connectivity index (χ2n) is 5.90. The number of halogens is 1. The lowest BCUT2D eigenvalue weighted by atomic mass is 10.2. The fourth-order valence-corrected chi connectivity index (χ4v) is 5.11. The van der Waals surface area contributed by atoms with Gasteiger partial charge in [0.25, 0.3) is 5.91 Å². The zero-order valence-corrected chi connectivity index (χ0v) is 16.4. The van der Waals surface area contributed by atoms with Crippen LogP contribution in [0, 0.1) is 3.57 Å². The summed E-state index contributed by atoms with van der Waals surface area (Å²) in [6.07, 6.45) is 0.451. The molecule has 0 saturated carbocycles. The van der Waals surface area contributed by atoms with Gasteiger partial charge in [0, 0.05) is 9.26 Å². The Kier molecular flexibility index (Phi) is 5.63. The minimum absolute atomic E-state index is 0.00311.